The predicted octanol–water partition coefficient (Wildman–Crippen LogP) is 4.16. The number of fused-ring (bicyclic) bond motifs is 1. The summed E-state index contributed by atoms with van der Waals surface area (Å²) in [7, 11) is 0. The molecule has 0 radical (unpaired) electrons. The molecule has 28 heavy (non-hydrogen) atoms. The molecule has 3 aromatic rings. The molecule has 0 unspecified atom stereocenters. The van der Waals surface area contributed by atoms with Gasteiger partial charge in [-0.05, 0) is 24.3 Å². The van der Waals surface area contributed by atoms with Crippen LogP contribution in [-0.4, -0.2) is 16.7 Å². The lowest BCUT2D eigenvalue weighted by atomic mass is 9.96. The summed E-state index contributed by atoms with van der Waals surface area (Å²) in [6.07, 6.45) is 0. The van der Waals surface area contributed by atoms with Gasteiger partial charge in [0.2, 0.25) is 6.79 Å². The summed E-state index contributed by atoms with van der Waals surface area (Å²) < 4.78 is 10.6. The van der Waals surface area contributed by atoms with E-state index in [2.05, 4.69) is 4.98 Å². The molecule has 0 atom stereocenters. The van der Waals surface area contributed by atoms with Crippen LogP contribution in [0.5, 0.6) is 11.5 Å². The van der Waals surface area contributed by atoms with Crippen LogP contribution in [0.2, 0.25) is 5.02 Å². The van der Waals surface area contributed by atoms with Gasteiger partial charge in [-0.2, -0.15) is 5.26 Å². The van der Waals surface area contributed by atoms with Gasteiger partial charge in [0.05, 0.1) is 22.2 Å². The average molecular weight is 395 g/mol. The second kappa shape index (κ2) is 6.72. The van der Waals surface area contributed by atoms with Crippen LogP contribution in [0.3, 0.4) is 0 Å². The molecular formula is C19H11ClN4O4. The van der Waals surface area contributed by atoms with Gasteiger partial charge in [-0.25, -0.2) is 4.98 Å². The molecule has 2 heterocycles. The van der Waals surface area contributed by atoms with Crippen LogP contribution in [0, 0.1) is 21.4 Å². The van der Waals surface area contributed by atoms with Gasteiger partial charge in [-0.1, -0.05) is 23.7 Å². The van der Waals surface area contributed by atoms with E-state index in [0.29, 0.717) is 22.0 Å². The van der Waals surface area contributed by atoms with E-state index in [1.165, 1.54) is 12.1 Å². The number of nitrogens with two attached hydrogens (primary N) is 1. The van der Waals surface area contributed by atoms with Crippen molar-refractivity contribution in [2.45, 2.75) is 0 Å². The molecule has 1 aromatic heterocycles. The normalized spacial score (nSPS) is 11.9. The summed E-state index contributed by atoms with van der Waals surface area (Å²) in [4.78, 5) is 15.4. The second-order valence-corrected chi connectivity index (χ2v) is 6.35. The number of benzene rings is 2. The minimum atomic E-state index is -0.545. The smallest absolute Gasteiger partial charge is 0.281 e. The summed E-state index contributed by atoms with van der Waals surface area (Å²) in [5, 5.41) is 21.8. The number of hydrogen-bond donors (Lipinski definition) is 1. The number of hydrogen-bond acceptors (Lipinski definition) is 7. The molecule has 0 spiro atoms. The van der Waals surface area contributed by atoms with Crippen molar-refractivity contribution in [2.75, 3.05) is 12.5 Å². The van der Waals surface area contributed by atoms with E-state index in [4.69, 9.17) is 26.8 Å². The van der Waals surface area contributed by atoms with Crippen molar-refractivity contribution in [2.24, 2.45) is 0 Å². The fraction of sp³-hybridized carbons (Fsp3) is 0.0526. The summed E-state index contributed by atoms with van der Waals surface area (Å²) >= 11 is 5.93. The Hall–Kier alpha value is -3.83. The Labute approximate surface area is 163 Å². The first kappa shape index (κ1) is 17.6. The highest BCUT2D eigenvalue weighted by molar-refractivity contribution is 6.30. The quantitative estimate of drug-likeness (QED) is 0.522. The number of nitrogen functional groups attached to an aromatic ring is 1. The third-order valence-corrected chi connectivity index (χ3v) is 4.53. The van der Waals surface area contributed by atoms with E-state index in [1.807, 2.05) is 6.07 Å². The van der Waals surface area contributed by atoms with Gasteiger partial charge in [-0.3, -0.25) is 10.1 Å². The predicted molar refractivity (Wildman–Crippen MR) is 102 cm³/mol. The van der Waals surface area contributed by atoms with Crippen molar-refractivity contribution in [1.82, 2.24) is 4.98 Å². The SMILES string of the molecule is N#Cc1c(-c2cc3c(cc2[N+](=O)[O-])OCO3)cc(-c2ccc(Cl)cc2)nc1N. The molecule has 0 bridgehead atoms. The van der Waals surface area contributed by atoms with Crippen LogP contribution in [0.25, 0.3) is 22.4 Å². The Morgan fingerprint density at radius 3 is 2.46 bits per heavy atom. The van der Waals surface area contributed by atoms with Gasteiger partial charge in [0.15, 0.2) is 11.5 Å². The van der Waals surface area contributed by atoms with Crippen molar-refractivity contribution in [3.63, 3.8) is 0 Å². The van der Waals surface area contributed by atoms with E-state index in [9.17, 15) is 15.4 Å². The number of nitro groups is 1. The van der Waals surface area contributed by atoms with Crippen molar-refractivity contribution >= 4 is 23.1 Å². The number of pyridine rings is 1. The van der Waals surface area contributed by atoms with E-state index < -0.39 is 4.92 Å². The Bertz CT molecular complexity index is 1160. The number of aromatic nitrogens is 1. The summed E-state index contributed by atoms with van der Waals surface area (Å²) in [6, 6.07) is 13.2. The third-order valence-electron chi connectivity index (χ3n) is 4.28. The van der Waals surface area contributed by atoms with Gasteiger partial charge in [-0.15, -0.1) is 0 Å². The zero-order valence-electron chi connectivity index (χ0n) is 14.2. The fourth-order valence-electron chi connectivity index (χ4n) is 2.96. The zero-order chi connectivity index (χ0) is 19.8. The number of nitrogens with zero attached hydrogens (tertiary/aromatic N) is 3. The van der Waals surface area contributed by atoms with Gasteiger partial charge in [0.1, 0.15) is 17.5 Å². The second-order valence-electron chi connectivity index (χ2n) is 5.91. The summed E-state index contributed by atoms with van der Waals surface area (Å²) in [5.74, 6) is 0.596. The number of ether oxygens (including phenoxy) is 2. The number of rotatable bonds is 3. The van der Waals surface area contributed by atoms with Gasteiger partial charge in [0, 0.05) is 16.1 Å². The molecule has 2 N–H and O–H groups in total. The minimum absolute atomic E-state index is 0.0306. The molecule has 2 aromatic carbocycles. The highest BCUT2D eigenvalue weighted by atomic mass is 35.5. The number of nitro benzene ring substituents is 1. The fourth-order valence-corrected chi connectivity index (χ4v) is 3.09. The van der Waals surface area contributed by atoms with Crippen LogP contribution < -0.4 is 15.2 Å². The van der Waals surface area contributed by atoms with E-state index in [-0.39, 0.29) is 40.7 Å². The van der Waals surface area contributed by atoms with Crippen molar-refractivity contribution in [3.05, 3.63) is 63.2 Å². The molecule has 1 aliphatic rings. The van der Waals surface area contributed by atoms with Crippen LogP contribution in [0.15, 0.2) is 42.5 Å². The molecule has 8 nitrogen and oxygen atoms in total. The van der Waals surface area contributed by atoms with Crippen LogP contribution in [-0.2, 0) is 0 Å². The highest BCUT2D eigenvalue weighted by Crippen LogP contribution is 2.44. The van der Waals surface area contributed by atoms with Gasteiger partial charge < -0.3 is 15.2 Å². The molecule has 0 saturated carbocycles. The van der Waals surface area contributed by atoms with Gasteiger partial charge in [0.25, 0.3) is 5.69 Å². The molecule has 0 fully saturated rings. The monoisotopic (exact) mass is 394 g/mol. The zero-order valence-corrected chi connectivity index (χ0v) is 14.9. The molecule has 1 aliphatic heterocycles. The molecular weight excluding hydrogens is 384 g/mol. The topological polar surface area (TPSA) is 124 Å². The van der Waals surface area contributed by atoms with Crippen molar-refractivity contribution in [1.29, 1.82) is 5.26 Å². The molecule has 0 saturated heterocycles. The van der Waals surface area contributed by atoms with Crippen LogP contribution >= 0.6 is 11.6 Å². The Balaban J connectivity index is 1.98. The largest absolute Gasteiger partial charge is 0.454 e. The number of anilines is 1. The molecule has 138 valence electrons. The number of halogens is 1. The van der Waals surface area contributed by atoms with E-state index in [0.717, 1.165) is 0 Å². The maximum atomic E-state index is 11.6. The lowest BCUT2D eigenvalue weighted by Crippen LogP contribution is -2.01. The standard InChI is InChI=1S/C19H11ClN4O4/c20-11-3-1-10(2-4-11)15-5-12(14(8-21)19(22)23-15)13-6-17-18(28-9-27-17)7-16(13)24(25)26/h1-7H,9H2,(H2,22,23). The Kier molecular flexibility index (Phi) is 4.22. The molecule has 9 heteroatoms. The Morgan fingerprint density at radius 2 is 1.82 bits per heavy atom. The van der Waals surface area contributed by atoms with E-state index in [1.54, 1.807) is 30.3 Å². The van der Waals surface area contributed by atoms with E-state index >= 15 is 0 Å². The first-order chi connectivity index (χ1) is 13.5. The maximum absolute atomic E-state index is 11.6. The first-order valence-electron chi connectivity index (χ1n) is 8.03. The lowest BCUT2D eigenvalue weighted by molar-refractivity contribution is -0.384. The summed E-state index contributed by atoms with van der Waals surface area (Å²) in [5.41, 5.74) is 7.43. The third kappa shape index (κ3) is 2.94. The Morgan fingerprint density at radius 1 is 1.14 bits per heavy atom. The molecule has 0 aliphatic carbocycles. The highest BCUT2D eigenvalue weighted by Gasteiger charge is 2.27. The lowest BCUT2D eigenvalue weighted by Gasteiger charge is -2.11. The average Bonchev–Trinajstić information content (AvgIpc) is 3.14. The van der Waals surface area contributed by atoms with Crippen molar-refractivity contribution < 1.29 is 14.4 Å². The maximum Gasteiger partial charge on any atom is 0.281 e. The minimum Gasteiger partial charge on any atom is -0.454 e. The molecule has 0 amide bonds. The van der Waals surface area contributed by atoms with Gasteiger partial charge >= 0.3 is 0 Å². The van der Waals surface area contributed by atoms with Crippen LogP contribution in [0.4, 0.5) is 11.5 Å². The molecule has 4 rings (SSSR count). The summed E-state index contributed by atoms with van der Waals surface area (Å²) in [6.45, 7) is -0.0322. The van der Waals surface area contributed by atoms with Crippen molar-refractivity contribution in [3.8, 4) is 40.0 Å². The van der Waals surface area contributed by atoms with Crippen LogP contribution in [0.1, 0.15) is 5.56 Å². The number of nitriles is 1. The first-order valence-corrected chi connectivity index (χ1v) is 8.40.